The van der Waals surface area contributed by atoms with E-state index in [-0.39, 0.29) is 0 Å². The number of anilines is 1. The molecular formula is C18H20N4O. The Labute approximate surface area is 135 Å². The van der Waals surface area contributed by atoms with Gasteiger partial charge in [0.1, 0.15) is 17.7 Å². The number of fused-ring (bicyclic) bond motifs is 1. The molecule has 2 heterocycles. The normalized spacial score (nSPS) is 15.3. The highest BCUT2D eigenvalue weighted by Crippen LogP contribution is 2.38. The van der Waals surface area contributed by atoms with Crippen LogP contribution in [-0.2, 0) is 0 Å². The van der Waals surface area contributed by atoms with Gasteiger partial charge in [0.25, 0.3) is 0 Å². The maximum absolute atomic E-state index is 6.08. The van der Waals surface area contributed by atoms with Crippen molar-refractivity contribution >= 4 is 16.7 Å². The van der Waals surface area contributed by atoms with Crippen LogP contribution in [0.25, 0.3) is 22.2 Å². The summed E-state index contributed by atoms with van der Waals surface area (Å²) in [6.07, 6.45) is 10.7. The fourth-order valence-corrected chi connectivity index (χ4v) is 3.58. The Bertz CT molecular complexity index is 849. The van der Waals surface area contributed by atoms with E-state index in [9.17, 15) is 0 Å². The summed E-state index contributed by atoms with van der Waals surface area (Å²) in [5.74, 6) is 0.699. The van der Waals surface area contributed by atoms with Gasteiger partial charge < -0.3 is 15.0 Å². The molecule has 5 heteroatoms. The zero-order valence-electron chi connectivity index (χ0n) is 13.2. The van der Waals surface area contributed by atoms with E-state index in [1.54, 1.807) is 13.4 Å². The van der Waals surface area contributed by atoms with Crippen LogP contribution in [0.4, 0.5) is 5.69 Å². The second kappa shape index (κ2) is 5.57. The number of hydrogen-bond acceptors (Lipinski definition) is 4. The topological polar surface area (TPSA) is 66.0 Å². The molecule has 1 fully saturated rings. The maximum atomic E-state index is 6.08. The first-order chi connectivity index (χ1) is 11.3. The van der Waals surface area contributed by atoms with Gasteiger partial charge in [-0.15, -0.1) is 0 Å². The van der Waals surface area contributed by atoms with Gasteiger partial charge in [-0.1, -0.05) is 18.9 Å². The average Bonchev–Trinajstić information content (AvgIpc) is 3.22. The standard InChI is InChI=1S/C18H20N4O/c1-23-17-7-6-12(8-16(17)19)15-10-22(13-4-2-3-5-13)18-14(15)9-20-11-21-18/h6-11,13H,2-5,19H2,1H3. The molecule has 23 heavy (non-hydrogen) atoms. The number of ether oxygens (including phenoxy) is 1. The van der Waals surface area contributed by atoms with Gasteiger partial charge in [0, 0.05) is 29.4 Å². The first kappa shape index (κ1) is 14.1. The van der Waals surface area contributed by atoms with Crippen molar-refractivity contribution in [1.82, 2.24) is 14.5 Å². The Morgan fingerprint density at radius 3 is 2.83 bits per heavy atom. The van der Waals surface area contributed by atoms with Gasteiger partial charge >= 0.3 is 0 Å². The lowest BCUT2D eigenvalue weighted by atomic mass is 10.1. The molecule has 5 nitrogen and oxygen atoms in total. The number of rotatable bonds is 3. The van der Waals surface area contributed by atoms with Crippen molar-refractivity contribution < 1.29 is 4.74 Å². The number of benzene rings is 1. The van der Waals surface area contributed by atoms with Gasteiger partial charge in [-0.3, -0.25) is 0 Å². The number of nitrogen functional groups attached to an aromatic ring is 1. The van der Waals surface area contributed by atoms with Crippen molar-refractivity contribution in [2.24, 2.45) is 0 Å². The Kier molecular flexibility index (Phi) is 3.41. The summed E-state index contributed by atoms with van der Waals surface area (Å²) in [6, 6.07) is 6.44. The summed E-state index contributed by atoms with van der Waals surface area (Å²) in [7, 11) is 1.63. The zero-order chi connectivity index (χ0) is 15.8. The lowest BCUT2D eigenvalue weighted by molar-refractivity contribution is 0.417. The van der Waals surface area contributed by atoms with Crippen LogP contribution < -0.4 is 10.5 Å². The fraction of sp³-hybridized carbons (Fsp3) is 0.333. The van der Waals surface area contributed by atoms with Crippen LogP contribution in [0.1, 0.15) is 31.7 Å². The minimum Gasteiger partial charge on any atom is -0.495 e. The largest absolute Gasteiger partial charge is 0.495 e. The molecule has 0 radical (unpaired) electrons. The van der Waals surface area contributed by atoms with Crippen LogP contribution in [-0.4, -0.2) is 21.6 Å². The Morgan fingerprint density at radius 2 is 2.09 bits per heavy atom. The van der Waals surface area contributed by atoms with E-state index < -0.39 is 0 Å². The van der Waals surface area contributed by atoms with Crippen molar-refractivity contribution in [2.45, 2.75) is 31.7 Å². The van der Waals surface area contributed by atoms with E-state index >= 15 is 0 Å². The van der Waals surface area contributed by atoms with Gasteiger partial charge in [-0.2, -0.15) is 0 Å². The van der Waals surface area contributed by atoms with Gasteiger partial charge in [-0.05, 0) is 30.5 Å². The summed E-state index contributed by atoms with van der Waals surface area (Å²) < 4.78 is 7.57. The van der Waals surface area contributed by atoms with Crippen molar-refractivity contribution in [1.29, 1.82) is 0 Å². The van der Waals surface area contributed by atoms with Crippen molar-refractivity contribution in [2.75, 3.05) is 12.8 Å². The van der Waals surface area contributed by atoms with Crippen molar-refractivity contribution in [3.63, 3.8) is 0 Å². The van der Waals surface area contributed by atoms with E-state index in [4.69, 9.17) is 10.5 Å². The molecule has 118 valence electrons. The molecule has 0 unspecified atom stereocenters. The van der Waals surface area contributed by atoms with E-state index in [2.05, 4.69) is 20.7 Å². The third-order valence-electron chi connectivity index (χ3n) is 4.75. The number of aromatic nitrogens is 3. The molecule has 0 bridgehead atoms. The van der Waals surface area contributed by atoms with Crippen LogP contribution in [0.5, 0.6) is 5.75 Å². The molecule has 2 aromatic heterocycles. The first-order valence-corrected chi connectivity index (χ1v) is 8.02. The van der Waals surface area contributed by atoms with Crippen LogP contribution in [0.2, 0.25) is 0 Å². The van der Waals surface area contributed by atoms with Crippen LogP contribution in [0.15, 0.2) is 36.9 Å². The van der Waals surface area contributed by atoms with Crippen LogP contribution in [0, 0.1) is 0 Å². The molecule has 0 atom stereocenters. The van der Waals surface area contributed by atoms with E-state index in [1.165, 1.54) is 25.7 Å². The molecule has 0 saturated heterocycles. The number of nitrogens with two attached hydrogens (primary N) is 1. The highest BCUT2D eigenvalue weighted by molar-refractivity contribution is 5.94. The molecule has 0 spiro atoms. The monoisotopic (exact) mass is 308 g/mol. The molecule has 3 aromatic rings. The van der Waals surface area contributed by atoms with Gasteiger partial charge in [-0.25, -0.2) is 9.97 Å². The lowest BCUT2D eigenvalue weighted by Crippen LogP contribution is -2.03. The number of hydrogen-bond donors (Lipinski definition) is 1. The van der Waals surface area contributed by atoms with E-state index in [0.717, 1.165) is 22.2 Å². The molecule has 0 amide bonds. The van der Waals surface area contributed by atoms with Crippen molar-refractivity contribution in [3.05, 3.63) is 36.9 Å². The molecule has 1 aromatic carbocycles. The summed E-state index contributed by atoms with van der Waals surface area (Å²) in [5.41, 5.74) is 9.93. The molecule has 1 aliphatic carbocycles. The van der Waals surface area contributed by atoms with Gasteiger partial charge in [0.2, 0.25) is 0 Å². The highest BCUT2D eigenvalue weighted by Gasteiger charge is 2.21. The molecular weight excluding hydrogens is 288 g/mol. The Balaban J connectivity index is 1.88. The average molecular weight is 308 g/mol. The minimum absolute atomic E-state index is 0.539. The predicted octanol–water partition coefficient (Wildman–Crippen LogP) is 3.80. The minimum atomic E-state index is 0.539. The second-order valence-electron chi connectivity index (χ2n) is 6.11. The predicted molar refractivity (Wildman–Crippen MR) is 91.4 cm³/mol. The third kappa shape index (κ3) is 2.32. The van der Waals surface area contributed by atoms with Crippen molar-refractivity contribution in [3.8, 4) is 16.9 Å². The van der Waals surface area contributed by atoms with Gasteiger partial charge in [0.05, 0.1) is 12.8 Å². The number of methoxy groups -OCH3 is 1. The third-order valence-corrected chi connectivity index (χ3v) is 4.75. The first-order valence-electron chi connectivity index (χ1n) is 8.02. The SMILES string of the molecule is COc1ccc(-c2cn(C3CCCC3)c3ncncc23)cc1N. The maximum Gasteiger partial charge on any atom is 0.144 e. The van der Waals surface area contributed by atoms with E-state index in [0.29, 0.717) is 17.5 Å². The quantitative estimate of drug-likeness (QED) is 0.747. The van der Waals surface area contributed by atoms with E-state index in [1.807, 2.05) is 24.4 Å². The molecule has 1 saturated carbocycles. The number of nitrogens with zero attached hydrogens (tertiary/aromatic N) is 3. The van der Waals surface area contributed by atoms with Crippen LogP contribution in [0.3, 0.4) is 0 Å². The fourth-order valence-electron chi connectivity index (χ4n) is 3.58. The summed E-state index contributed by atoms with van der Waals surface area (Å²) in [6.45, 7) is 0. The summed E-state index contributed by atoms with van der Waals surface area (Å²) in [5, 5.41) is 1.07. The molecule has 2 N–H and O–H groups in total. The van der Waals surface area contributed by atoms with Crippen LogP contribution >= 0.6 is 0 Å². The summed E-state index contributed by atoms with van der Waals surface area (Å²) in [4.78, 5) is 8.74. The smallest absolute Gasteiger partial charge is 0.144 e. The highest BCUT2D eigenvalue weighted by atomic mass is 16.5. The van der Waals surface area contributed by atoms with Gasteiger partial charge in [0.15, 0.2) is 0 Å². The molecule has 1 aliphatic rings. The Morgan fingerprint density at radius 1 is 1.26 bits per heavy atom. The lowest BCUT2D eigenvalue weighted by Gasteiger charge is -2.12. The molecule has 4 rings (SSSR count). The molecule has 0 aliphatic heterocycles. The Hall–Kier alpha value is -2.56. The summed E-state index contributed by atoms with van der Waals surface area (Å²) >= 11 is 0. The zero-order valence-corrected chi connectivity index (χ0v) is 13.2. The second-order valence-corrected chi connectivity index (χ2v) is 6.11.